The first-order valence-electron chi connectivity index (χ1n) is 5.64. The summed E-state index contributed by atoms with van der Waals surface area (Å²) in [6.45, 7) is 2.74. The van der Waals surface area contributed by atoms with E-state index in [2.05, 4.69) is 72.2 Å². The summed E-state index contributed by atoms with van der Waals surface area (Å²) in [4.78, 5) is 0. The molecule has 0 bridgehead atoms. The first kappa shape index (κ1) is 14.9. The second-order valence-corrected chi connectivity index (χ2v) is 6.81. The SMILES string of the molecule is Cc1ccc(NCc2cc(Br)c(O)c(Br)c2)c(Br)c1. The molecule has 0 amide bonds. The molecule has 0 aromatic heterocycles. The molecule has 0 aliphatic rings. The van der Waals surface area contributed by atoms with E-state index in [0.717, 1.165) is 15.7 Å². The van der Waals surface area contributed by atoms with Gasteiger partial charge >= 0.3 is 0 Å². The van der Waals surface area contributed by atoms with Gasteiger partial charge < -0.3 is 10.4 Å². The number of benzene rings is 2. The summed E-state index contributed by atoms with van der Waals surface area (Å²) in [6.07, 6.45) is 0. The molecule has 2 aromatic carbocycles. The lowest BCUT2D eigenvalue weighted by Crippen LogP contribution is -2.00. The summed E-state index contributed by atoms with van der Waals surface area (Å²) in [5, 5.41) is 13.0. The number of anilines is 1. The van der Waals surface area contributed by atoms with Crippen molar-refractivity contribution in [1.29, 1.82) is 0 Å². The standard InChI is InChI=1S/C14H12Br3NO/c1-8-2-3-13(10(15)4-8)18-7-9-5-11(16)14(19)12(17)6-9/h2-6,18-19H,7H2,1H3. The number of nitrogens with one attached hydrogen (secondary N) is 1. The molecule has 0 radical (unpaired) electrons. The molecule has 100 valence electrons. The Labute approximate surface area is 137 Å². The normalized spacial score (nSPS) is 10.5. The molecule has 0 fully saturated rings. The Morgan fingerprint density at radius 3 is 2.21 bits per heavy atom. The lowest BCUT2D eigenvalue weighted by molar-refractivity contribution is 0.468. The molecule has 0 saturated heterocycles. The van der Waals surface area contributed by atoms with Crippen LogP contribution in [0.1, 0.15) is 11.1 Å². The van der Waals surface area contributed by atoms with Crippen LogP contribution in [-0.4, -0.2) is 5.11 Å². The molecule has 0 unspecified atom stereocenters. The zero-order valence-corrected chi connectivity index (χ0v) is 14.9. The van der Waals surface area contributed by atoms with Crippen LogP contribution >= 0.6 is 47.8 Å². The van der Waals surface area contributed by atoms with E-state index in [4.69, 9.17) is 0 Å². The zero-order valence-electron chi connectivity index (χ0n) is 10.2. The number of hydrogen-bond donors (Lipinski definition) is 2. The van der Waals surface area contributed by atoms with Crippen LogP contribution < -0.4 is 5.32 Å². The van der Waals surface area contributed by atoms with Crippen molar-refractivity contribution >= 4 is 53.5 Å². The van der Waals surface area contributed by atoms with Crippen molar-refractivity contribution in [3.8, 4) is 5.75 Å². The molecule has 0 atom stereocenters. The Morgan fingerprint density at radius 1 is 1.00 bits per heavy atom. The second kappa shape index (κ2) is 6.29. The highest BCUT2D eigenvalue weighted by molar-refractivity contribution is 9.11. The number of aromatic hydroxyl groups is 1. The molecule has 0 saturated carbocycles. The van der Waals surface area contributed by atoms with Crippen molar-refractivity contribution in [2.45, 2.75) is 13.5 Å². The number of rotatable bonds is 3. The first-order valence-corrected chi connectivity index (χ1v) is 8.02. The van der Waals surface area contributed by atoms with E-state index in [1.165, 1.54) is 5.56 Å². The molecule has 0 heterocycles. The van der Waals surface area contributed by atoms with E-state index >= 15 is 0 Å². The Balaban J connectivity index is 2.14. The molecule has 2 aromatic rings. The Kier molecular flexibility index (Phi) is 4.92. The molecule has 0 spiro atoms. The Morgan fingerprint density at radius 2 is 1.63 bits per heavy atom. The van der Waals surface area contributed by atoms with E-state index in [1.807, 2.05) is 18.2 Å². The van der Waals surface area contributed by atoms with E-state index < -0.39 is 0 Å². The number of hydrogen-bond acceptors (Lipinski definition) is 2. The number of halogens is 3. The van der Waals surface area contributed by atoms with E-state index in [0.29, 0.717) is 15.5 Å². The molecule has 2 rings (SSSR count). The van der Waals surface area contributed by atoms with Crippen molar-refractivity contribution in [2.75, 3.05) is 5.32 Å². The van der Waals surface area contributed by atoms with E-state index in [9.17, 15) is 5.11 Å². The Bertz CT molecular complexity index is 591. The van der Waals surface area contributed by atoms with Gasteiger partial charge in [0.1, 0.15) is 5.75 Å². The third kappa shape index (κ3) is 3.74. The van der Waals surface area contributed by atoms with Gasteiger partial charge in [0.15, 0.2) is 0 Å². The maximum absolute atomic E-state index is 9.67. The van der Waals surface area contributed by atoms with Gasteiger partial charge in [-0.25, -0.2) is 0 Å². The molecular weight excluding hydrogens is 438 g/mol. The lowest BCUT2D eigenvalue weighted by Gasteiger charge is -2.11. The molecule has 0 aliphatic carbocycles. The average Bonchev–Trinajstić information content (AvgIpc) is 2.34. The maximum atomic E-state index is 9.67. The number of phenols is 1. The van der Waals surface area contributed by atoms with Gasteiger partial charge in [0.05, 0.1) is 8.95 Å². The highest BCUT2D eigenvalue weighted by Gasteiger charge is 2.06. The van der Waals surface area contributed by atoms with Crippen LogP contribution in [0.2, 0.25) is 0 Å². The minimum Gasteiger partial charge on any atom is -0.506 e. The number of aryl methyl sites for hydroxylation is 1. The molecule has 2 N–H and O–H groups in total. The van der Waals surface area contributed by atoms with Gasteiger partial charge in [-0.05, 0) is 90.1 Å². The monoisotopic (exact) mass is 447 g/mol. The van der Waals surface area contributed by atoms with Crippen LogP contribution in [0.4, 0.5) is 5.69 Å². The van der Waals surface area contributed by atoms with Crippen LogP contribution in [0.25, 0.3) is 0 Å². The average molecular weight is 450 g/mol. The largest absolute Gasteiger partial charge is 0.506 e. The number of phenolic OH excluding ortho intramolecular Hbond substituents is 1. The predicted molar refractivity (Wildman–Crippen MR) is 89.7 cm³/mol. The summed E-state index contributed by atoms with van der Waals surface area (Å²) < 4.78 is 2.41. The van der Waals surface area contributed by atoms with Gasteiger partial charge in [-0.15, -0.1) is 0 Å². The second-order valence-electron chi connectivity index (χ2n) is 4.24. The van der Waals surface area contributed by atoms with Crippen LogP contribution in [0.5, 0.6) is 5.75 Å². The summed E-state index contributed by atoms with van der Waals surface area (Å²) in [7, 11) is 0. The highest BCUT2D eigenvalue weighted by Crippen LogP contribution is 2.33. The topological polar surface area (TPSA) is 32.3 Å². The van der Waals surface area contributed by atoms with Crippen LogP contribution in [0.3, 0.4) is 0 Å². The minimum absolute atomic E-state index is 0.222. The molecular formula is C14H12Br3NO. The molecule has 19 heavy (non-hydrogen) atoms. The lowest BCUT2D eigenvalue weighted by atomic mass is 10.2. The third-order valence-corrected chi connectivity index (χ3v) is 4.55. The van der Waals surface area contributed by atoms with Gasteiger partial charge in [-0.3, -0.25) is 0 Å². The van der Waals surface area contributed by atoms with Crippen molar-refractivity contribution in [1.82, 2.24) is 0 Å². The minimum atomic E-state index is 0.222. The fourth-order valence-corrected chi connectivity index (χ4v) is 3.60. The summed E-state index contributed by atoms with van der Waals surface area (Å²) >= 11 is 10.2. The van der Waals surface area contributed by atoms with Crippen molar-refractivity contribution in [3.05, 3.63) is 54.9 Å². The van der Waals surface area contributed by atoms with Gasteiger partial charge in [-0.2, -0.15) is 0 Å². The molecule has 2 nitrogen and oxygen atoms in total. The third-order valence-electron chi connectivity index (χ3n) is 2.68. The van der Waals surface area contributed by atoms with Gasteiger partial charge in [-0.1, -0.05) is 6.07 Å². The summed E-state index contributed by atoms with van der Waals surface area (Å²) in [5.41, 5.74) is 3.34. The van der Waals surface area contributed by atoms with Crippen molar-refractivity contribution in [3.63, 3.8) is 0 Å². The van der Waals surface area contributed by atoms with Crippen LogP contribution in [0, 0.1) is 6.92 Å². The quantitative estimate of drug-likeness (QED) is 0.639. The fourth-order valence-electron chi connectivity index (χ4n) is 1.68. The van der Waals surface area contributed by atoms with Crippen molar-refractivity contribution < 1.29 is 5.11 Å². The molecule has 0 aliphatic heterocycles. The summed E-state index contributed by atoms with van der Waals surface area (Å²) in [5.74, 6) is 0.222. The van der Waals surface area contributed by atoms with Gasteiger partial charge in [0.2, 0.25) is 0 Å². The van der Waals surface area contributed by atoms with Crippen molar-refractivity contribution in [2.24, 2.45) is 0 Å². The Hall–Kier alpha value is -0.520. The molecule has 5 heteroatoms. The van der Waals surface area contributed by atoms with E-state index in [1.54, 1.807) is 0 Å². The highest BCUT2D eigenvalue weighted by atomic mass is 79.9. The van der Waals surface area contributed by atoms with Crippen LogP contribution in [-0.2, 0) is 6.54 Å². The fraction of sp³-hybridized carbons (Fsp3) is 0.143. The zero-order chi connectivity index (χ0) is 14.0. The van der Waals surface area contributed by atoms with Gasteiger partial charge in [0.25, 0.3) is 0 Å². The first-order chi connectivity index (χ1) is 8.97. The van der Waals surface area contributed by atoms with Gasteiger partial charge in [0, 0.05) is 16.7 Å². The van der Waals surface area contributed by atoms with E-state index in [-0.39, 0.29) is 5.75 Å². The van der Waals surface area contributed by atoms with Crippen LogP contribution in [0.15, 0.2) is 43.7 Å². The predicted octanol–water partition coefficient (Wildman–Crippen LogP) is 5.60. The summed E-state index contributed by atoms with van der Waals surface area (Å²) in [6, 6.07) is 9.98. The maximum Gasteiger partial charge on any atom is 0.143 e. The smallest absolute Gasteiger partial charge is 0.143 e.